The Labute approximate surface area is 226 Å². The molecule has 1 heterocycles. The zero-order valence-electron chi connectivity index (χ0n) is 21.6. The van der Waals surface area contributed by atoms with Crippen LogP contribution in [0, 0.1) is 5.92 Å². The number of nitrogens with zero attached hydrogens (tertiary/aromatic N) is 3. The zero-order chi connectivity index (χ0) is 27.2. The third-order valence-corrected chi connectivity index (χ3v) is 6.55. The Morgan fingerprint density at radius 3 is 2.21 bits per heavy atom. The zero-order valence-corrected chi connectivity index (χ0v) is 21.6. The van der Waals surface area contributed by atoms with Crippen LogP contribution >= 0.6 is 0 Å². The van der Waals surface area contributed by atoms with Gasteiger partial charge in [0.25, 0.3) is 5.91 Å². The van der Waals surface area contributed by atoms with Crippen LogP contribution in [-0.4, -0.2) is 45.3 Å². The van der Waals surface area contributed by atoms with Gasteiger partial charge in [0.05, 0.1) is 19.5 Å². The molecule has 1 fully saturated rings. The molecular weight excluding hydrogens is 494 g/mol. The molecule has 1 saturated carbocycles. The SMILES string of the molecule is COc1ccccc1Oc1cnc(C(=O)N(Cc2ccc(C(=O)C(O)c3ccccc3)cc2)CC2CC2)nc1. The minimum Gasteiger partial charge on any atom is -0.493 e. The van der Waals surface area contributed by atoms with Gasteiger partial charge in [-0.15, -0.1) is 0 Å². The number of hydrogen-bond donors (Lipinski definition) is 1. The first-order valence-electron chi connectivity index (χ1n) is 12.8. The van der Waals surface area contributed by atoms with Crippen molar-refractivity contribution in [2.45, 2.75) is 25.5 Å². The van der Waals surface area contributed by atoms with Crippen LogP contribution in [0.3, 0.4) is 0 Å². The topological polar surface area (TPSA) is 102 Å². The number of ether oxygens (including phenoxy) is 2. The lowest BCUT2D eigenvalue weighted by molar-refractivity contribution is 0.0720. The van der Waals surface area contributed by atoms with E-state index in [2.05, 4.69) is 9.97 Å². The van der Waals surface area contributed by atoms with Crippen molar-refractivity contribution >= 4 is 11.7 Å². The van der Waals surface area contributed by atoms with Crippen molar-refractivity contribution in [3.05, 3.63) is 114 Å². The second kappa shape index (κ2) is 11.9. The Hall–Kier alpha value is -4.56. The summed E-state index contributed by atoms with van der Waals surface area (Å²) in [4.78, 5) is 36.4. The highest BCUT2D eigenvalue weighted by molar-refractivity contribution is 5.99. The van der Waals surface area contributed by atoms with Gasteiger partial charge in [0.1, 0.15) is 6.10 Å². The maximum atomic E-state index is 13.4. The molecule has 198 valence electrons. The third-order valence-electron chi connectivity index (χ3n) is 6.55. The van der Waals surface area contributed by atoms with Crippen LogP contribution in [0.2, 0.25) is 0 Å². The predicted octanol–water partition coefficient (Wildman–Crippen LogP) is 5.25. The molecule has 5 rings (SSSR count). The molecule has 4 aromatic rings. The Bertz CT molecular complexity index is 1420. The summed E-state index contributed by atoms with van der Waals surface area (Å²) >= 11 is 0. The number of ketones is 1. The van der Waals surface area contributed by atoms with Gasteiger partial charge in [-0.25, -0.2) is 9.97 Å². The Morgan fingerprint density at radius 1 is 0.923 bits per heavy atom. The summed E-state index contributed by atoms with van der Waals surface area (Å²) in [6, 6.07) is 23.1. The molecule has 1 N–H and O–H groups in total. The van der Waals surface area contributed by atoms with E-state index in [4.69, 9.17) is 9.47 Å². The van der Waals surface area contributed by atoms with Gasteiger partial charge < -0.3 is 19.5 Å². The normalized spacial score (nSPS) is 13.4. The van der Waals surface area contributed by atoms with E-state index in [1.165, 1.54) is 12.4 Å². The molecule has 39 heavy (non-hydrogen) atoms. The number of aliphatic hydroxyl groups is 1. The molecule has 1 aliphatic carbocycles. The number of para-hydroxylation sites is 2. The number of carbonyl (C=O) groups excluding carboxylic acids is 2. The molecule has 0 aliphatic heterocycles. The van der Waals surface area contributed by atoms with Crippen molar-refractivity contribution in [2.75, 3.05) is 13.7 Å². The monoisotopic (exact) mass is 523 g/mol. The van der Waals surface area contributed by atoms with Gasteiger partial charge in [0.15, 0.2) is 23.0 Å². The van der Waals surface area contributed by atoms with Gasteiger partial charge in [-0.2, -0.15) is 0 Å². The van der Waals surface area contributed by atoms with E-state index in [1.54, 1.807) is 60.5 Å². The van der Waals surface area contributed by atoms with E-state index in [0.29, 0.717) is 47.4 Å². The maximum Gasteiger partial charge on any atom is 0.291 e. The van der Waals surface area contributed by atoms with Crippen molar-refractivity contribution < 1.29 is 24.2 Å². The van der Waals surface area contributed by atoms with Gasteiger partial charge in [0.2, 0.25) is 5.82 Å². The average Bonchev–Trinajstić information content (AvgIpc) is 3.81. The number of carbonyl (C=O) groups is 2. The van der Waals surface area contributed by atoms with Crippen molar-refractivity contribution in [2.24, 2.45) is 5.92 Å². The molecule has 1 aliphatic rings. The van der Waals surface area contributed by atoms with Crippen LogP contribution in [0.25, 0.3) is 0 Å². The summed E-state index contributed by atoms with van der Waals surface area (Å²) in [6.45, 7) is 0.961. The molecule has 1 aromatic heterocycles. The molecule has 3 aromatic carbocycles. The average molecular weight is 524 g/mol. The smallest absolute Gasteiger partial charge is 0.291 e. The Morgan fingerprint density at radius 2 is 1.56 bits per heavy atom. The number of Topliss-reactive ketones (excluding diaryl/α,β-unsaturated/α-hetero) is 1. The van der Waals surface area contributed by atoms with E-state index >= 15 is 0 Å². The first-order chi connectivity index (χ1) is 19.0. The lowest BCUT2D eigenvalue weighted by Gasteiger charge is -2.22. The molecule has 1 unspecified atom stereocenters. The molecule has 0 bridgehead atoms. The van der Waals surface area contributed by atoms with Crippen LogP contribution in [-0.2, 0) is 6.54 Å². The van der Waals surface area contributed by atoms with E-state index in [-0.39, 0.29) is 17.5 Å². The van der Waals surface area contributed by atoms with Crippen molar-refractivity contribution in [3.8, 4) is 17.2 Å². The number of benzene rings is 3. The summed E-state index contributed by atoms with van der Waals surface area (Å²) in [6.07, 6.45) is 3.89. The first-order valence-corrected chi connectivity index (χ1v) is 12.8. The Balaban J connectivity index is 1.26. The standard InChI is InChI=1S/C31H29N3O5/c1-38-26-9-5-6-10-27(26)39-25-17-32-30(33-18-25)31(37)34(19-21-11-12-21)20-22-13-15-24(16-14-22)29(36)28(35)23-7-3-2-4-8-23/h2-10,13-18,21,28,35H,11-12,19-20H2,1H3. The molecule has 1 atom stereocenters. The highest BCUT2D eigenvalue weighted by Crippen LogP contribution is 2.32. The van der Waals surface area contributed by atoms with E-state index in [0.717, 1.165) is 18.4 Å². The summed E-state index contributed by atoms with van der Waals surface area (Å²) < 4.78 is 11.1. The Kier molecular flexibility index (Phi) is 7.94. The molecule has 0 saturated heterocycles. The number of rotatable bonds is 11. The van der Waals surface area contributed by atoms with Gasteiger partial charge >= 0.3 is 0 Å². The maximum absolute atomic E-state index is 13.4. The van der Waals surface area contributed by atoms with Crippen LogP contribution in [0.1, 0.15) is 51.0 Å². The predicted molar refractivity (Wildman–Crippen MR) is 145 cm³/mol. The molecule has 0 spiro atoms. The van der Waals surface area contributed by atoms with E-state index in [1.807, 2.05) is 30.3 Å². The fraction of sp³-hybridized carbons (Fsp3) is 0.226. The highest BCUT2D eigenvalue weighted by atomic mass is 16.5. The van der Waals surface area contributed by atoms with Crippen LogP contribution < -0.4 is 9.47 Å². The van der Waals surface area contributed by atoms with Gasteiger partial charge in [0, 0.05) is 18.7 Å². The van der Waals surface area contributed by atoms with Crippen molar-refractivity contribution in [1.82, 2.24) is 14.9 Å². The fourth-order valence-electron chi connectivity index (χ4n) is 4.22. The highest BCUT2D eigenvalue weighted by Gasteiger charge is 2.29. The van der Waals surface area contributed by atoms with E-state index in [9.17, 15) is 14.7 Å². The van der Waals surface area contributed by atoms with Crippen molar-refractivity contribution in [3.63, 3.8) is 0 Å². The number of aliphatic hydroxyl groups excluding tert-OH is 1. The largest absolute Gasteiger partial charge is 0.493 e. The summed E-state index contributed by atoms with van der Waals surface area (Å²) in [5, 5.41) is 10.5. The van der Waals surface area contributed by atoms with Gasteiger partial charge in [-0.1, -0.05) is 66.7 Å². The van der Waals surface area contributed by atoms with Crippen LogP contribution in [0.15, 0.2) is 91.3 Å². The summed E-state index contributed by atoms with van der Waals surface area (Å²) in [5.74, 6) is 1.40. The minimum atomic E-state index is -1.22. The number of amides is 1. The molecule has 8 heteroatoms. The summed E-state index contributed by atoms with van der Waals surface area (Å²) in [5.41, 5.74) is 1.82. The third kappa shape index (κ3) is 6.48. The lowest BCUT2D eigenvalue weighted by Crippen LogP contribution is -2.33. The van der Waals surface area contributed by atoms with Crippen LogP contribution in [0.5, 0.6) is 17.2 Å². The quantitative estimate of drug-likeness (QED) is 0.268. The first kappa shape index (κ1) is 26.1. The number of methoxy groups -OCH3 is 1. The molecule has 0 radical (unpaired) electrons. The number of aromatic nitrogens is 2. The molecular formula is C31H29N3O5. The molecule has 8 nitrogen and oxygen atoms in total. The lowest BCUT2D eigenvalue weighted by atomic mass is 9.99. The van der Waals surface area contributed by atoms with Gasteiger partial charge in [-0.05, 0) is 42.0 Å². The van der Waals surface area contributed by atoms with Crippen LogP contribution in [0.4, 0.5) is 0 Å². The van der Waals surface area contributed by atoms with E-state index < -0.39 is 6.10 Å². The second-order valence-electron chi connectivity index (χ2n) is 9.50. The molecule has 1 amide bonds. The van der Waals surface area contributed by atoms with Crippen molar-refractivity contribution in [1.29, 1.82) is 0 Å². The second-order valence-corrected chi connectivity index (χ2v) is 9.50. The summed E-state index contributed by atoms with van der Waals surface area (Å²) in [7, 11) is 1.56. The number of hydrogen-bond acceptors (Lipinski definition) is 7. The van der Waals surface area contributed by atoms with Gasteiger partial charge in [-0.3, -0.25) is 9.59 Å². The minimum absolute atomic E-state index is 0.0841. The fourth-order valence-corrected chi connectivity index (χ4v) is 4.22.